The van der Waals surface area contributed by atoms with Gasteiger partial charge in [0.2, 0.25) is 0 Å². The zero-order valence-corrected chi connectivity index (χ0v) is 19.1. The van der Waals surface area contributed by atoms with Crippen LogP contribution in [0.3, 0.4) is 0 Å². The molecule has 9 heteroatoms. The molecule has 1 saturated heterocycles. The molecule has 178 valence electrons. The average molecular weight is 472 g/mol. The Morgan fingerprint density at radius 3 is 2.20 bits per heavy atom. The summed E-state index contributed by atoms with van der Waals surface area (Å²) in [5.74, 6) is -0.342. The maximum Gasteiger partial charge on any atom is 0.340 e. The van der Waals surface area contributed by atoms with Crippen LogP contribution >= 0.6 is 0 Å². The van der Waals surface area contributed by atoms with Gasteiger partial charge in [-0.25, -0.2) is 9.78 Å². The summed E-state index contributed by atoms with van der Waals surface area (Å²) < 4.78 is 5.82. The van der Waals surface area contributed by atoms with Gasteiger partial charge in [0.15, 0.2) is 0 Å². The van der Waals surface area contributed by atoms with Crippen molar-refractivity contribution in [1.29, 1.82) is 0 Å². The molecule has 0 N–H and O–H groups in total. The number of carbonyl (C=O) groups excluding carboxylic acids is 3. The number of nitrogens with zero attached hydrogens (tertiary/aromatic N) is 5. The van der Waals surface area contributed by atoms with Gasteiger partial charge in [-0.05, 0) is 36.4 Å². The van der Waals surface area contributed by atoms with Crippen molar-refractivity contribution in [2.75, 3.05) is 44.2 Å². The Labute approximate surface area is 203 Å². The highest BCUT2D eigenvalue weighted by molar-refractivity contribution is 6.21. The quantitative estimate of drug-likeness (QED) is 0.382. The Morgan fingerprint density at radius 1 is 0.857 bits per heavy atom. The maximum absolute atomic E-state index is 12.9. The van der Waals surface area contributed by atoms with Crippen LogP contribution in [0.4, 0.5) is 5.82 Å². The summed E-state index contributed by atoms with van der Waals surface area (Å²) in [7, 11) is 0. The van der Waals surface area contributed by atoms with Gasteiger partial charge >= 0.3 is 5.97 Å². The molecule has 0 aliphatic carbocycles. The number of ether oxygens (including phenoxy) is 1. The van der Waals surface area contributed by atoms with Crippen LogP contribution in [0.5, 0.6) is 0 Å². The van der Waals surface area contributed by atoms with Crippen molar-refractivity contribution in [1.82, 2.24) is 19.8 Å². The van der Waals surface area contributed by atoms with E-state index in [1.165, 1.54) is 11.1 Å². The molecular weight excluding hydrogens is 446 g/mol. The minimum Gasteiger partial charge on any atom is -0.455 e. The number of carbonyl (C=O) groups is 3. The third-order valence-corrected chi connectivity index (χ3v) is 6.24. The van der Waals surface area contributed by atoms with Crippen LogP contribution in [0.25, 0.3) is 0 Å². The smallest absolute Gasteiger partial charge is 0.340 e. The zero-order chi connectivity index (χ0) is 24.2. The highest BCUT2D eigenvalue weighted by atomic mass is 16.5. The summed E-state index contributed by atoms with van der Waals surface area (Å²) in [6.07, 6.45) is 4.10. The fourth-order valence-electron chi connectivity index (χ4n) is 4.43. The summed E-state index contributed by atoms with van der Waals surface area (Å²) in [6.45, 7) is 3.40. The number of esters is 1. The maximum atomic E-state index is 12.9. The van der Waals surface area contributed by atoms with Crippen LogP contribution in [0.2, 0.25) is 0 Å². The number of piperazine rings is 1. The van der Waals surface area contributed by atoms with E-state index in [1.54, 1.807) is 48.8 Å². The molecule has 0 spiro atoms. The topological polar surface area (TPSA) is 95.9 Å². The summed E-state index contributed by atoms with van der Waals surface area (Å²) >= 11 is 0. The molecule has 1 fully saturated rings. The number of fused-ring (bicyclic) bond motifs is 1. The minimum absolute atomic E-state index is 0.0151. The summed E-state index contributed by atoms with van der Waals surface area (Å²) in [6, 6.07) is 15.9. The molecule has 2 aliphatic heterocycles. The predicted molar refractivity (Wildman–Crippen MR) is 128 cm³/mol. The number of pyridine rings is 2. The van der Waals surface area contributed by atoms with Crippen molar-refractivity contribution in [2.45, 2.75) is 6.10 Å². The lowest BCUT2D eigenvalue weighted by molar-refractivity contribution is 0.00928. The van der Waals surface area contributed by atoms with E-state index >= 15 is 0 Å². The van der Waals surface area contributed by atoms with Crippen LogP contribution in [-0.4, -0.2) is 82.9 Å². The molecule has 1 aromatic carbocycles. The Morgan fingerprint density at radius 2 is 1.57 bits per heavy atom. The third kappa shape index (κ3) is 4.90. The number of hydrogen-bond donors (Lipinski definition) is 0. The highest BCUT2D eigenvalue weighted by Crippen LogP contribution is 2.23. The van der Waals surface area contributed by atoms with E-state index in [0.29, 0.717) is 23.2 Å². The molecule has 0 bridgehead atoms. The van der Waals surface area contributed by atoms with Crippen molar-refractivity contribution in [3.8, 4) is 0 Å². The molecule has 3 aromatic rings. The van der Waals surface area contributed by atoms with E-state index in [-0.39, 0.29) is 18.4 Å². The molecule has 2 aliphatic rings. The van der Waals surface area contributed by atoms with Crippen LogP contribution in [0.15, 0.2) is 73.2 Å². The Hall–Kier alpha value is -4.11. The van der Waals surface area contributed by atoms with Crippen molar-refractivity contribution in [3.63, 3.8) is 0 Å². The molecular formula is C26H25N5O4. The van der Waals surface area contributed by atoms with Crippen molar-refractivity contribution >= 4 is 23.6 Å². The van der Waals surface area contributed by atoms with E-state index in [9.17, 15) is 14.4 Å². The first-order valence-corrected chi connectivity index (χ1v) is 11.5. The lowest BCUT2D eigenvalue weighted by Crippen LogP contribution is -2.51. The largest absolute Gasteiger partial charge is 0.455 e. The van der Waals surface area contributed by atoms with E-state index in [4.69, 9.17) is 4.74 Å². The van der Waals surface area contributed by atoms with E-state index in [0.717, 1.165) is 32.0 Å². The molecule has 2 amide bonds. The third-order valence-electron chi connectivity index (χ3n) is 6.24. The summed E-state index contributed by atoms with van der Waals surface area (Å²) in [5.41, 5.74) is 1.07. The number of benzene rings is 1. The predicted octanol–water partition coefficient (Wildman–Crippen LogP) is 2.12. The van der Waals surface area contributed by atoms with E-state index < -0.39 is 12.1 Å². The van der Waals surface area contributed by atoms with Crippen molar-refractivity contribution in [3.05, 3.63) is 89.9 Å². The first-order chi connectivity index (χ1) is 17.1. The molecule has 0 radical (unpaired) electrons. The Kier molecular flexibility index (Phi) is 6.49. The monoisotopic (exact) mass is 471 g/mol. The standard InChI is InChI=1S/C26H25N5O4/c32-24-21-7-1-2-8-22(21)25(33)31(24)18-20(35-26(34)19-6-5-10-27-16-19)17-29-12-14-30(15-13-29)23-9-3-4-11-28-23/h1-11,16,20H,12-15,17-18H2. The first-order valence-electron chi connectivity index (χ1n) is 11.5. The number of rotatable bonds is 7. The molecule has 4 heterocycles. The second-order valence-electron chi connectivity index (χ2n) is 8.51. The van der Waals surface area contributed by atoms with Gasteiger partial charge in [-0.15, -0.1) is 0 Å². The van der Waals surface area contributed by atoms with Crippen LogP contribution in [0, 0.1) is 0 Å². The van der Waals surface area contributed by atoms with Gasteiger partial charge in [-0.1, -0.05) is 18.2 Å². The first kappa shape index (κ1) is 22.7. The minimum atomic E-state index is -0.689. The van der Waals surface area contributed by atoms with Crippen LogP contribution in [0.1, 0.15) is 31.1 Å². The van der Waals surface area contributed by atoms with Crippen molar-refractivity contribution < 1.29 is 19.1 Å². The zero-order valence-electron chi connectivity index (χ0n) is 19.1. The number of aromatic nitrogens is 2. The summed E-state index contributed by atoms with van der Waals surface area (Å²) in [4.78, 5) is 52.6. The average Bonchev–Trinajstić information content (AvgIpc) is 3.15. The Balaban J connectivity index is 1.29. The van der Waals surface area contributed by atoms with Gasteiger partial charge in [-0.3, -0.25) is 24.4 Å². The van der Waals surface area contributed by atoms with Gasteiger partial charge < -0.3 is 9.64 Å². The molecule has 35 heavy (non-hydrogen) atoms. The van der Waals surface area contributed by atoms with Crippen LogP contribution in [-0.2, 0) is 4.74 Å². The molecule has 1 unspecified atom stereocenters. The van der Waals surface area contributed by atoms with Gasteiger partial charge in [0.1, 0.15) is 11.9 Å². The molecule has 5 rings (SSSR count). The highest BCUT2D eigenvalue weighted by Gasteiger charge is 2.37. The lowest BCUT2D eigenvalue weighted by Gasteiger charge is -2.37. The molecule has 0 saturated carbocycles. The second kappa shape index (κ2) is 10.0. The molecule has 9 nitrogen and oxygen atoms in total. The van der Waals surface area contributed by atoms with E-state index in [1.807, 2.05) is 18.2 Å². The number of imide groups is 1. The lowest BCUT2D eigenvalue weighted by atomic mass is 10.1. The SMILES string of the molecule is O=C(OC(CN1CCN(c2ccccn2)CC1)CN1C(=O)c2ccccc2C1=O)c1cccnc1. The van der Waals surface area contributed by atoms with Gasteiger partial charge in [-0.2, -0.15) is 0 Å². The van der Waals surface area contributed by atoms with Gasteiger partial charge in [0, 0.05) is 51.3 Å². The van der Waals surface area contributed by atoms with Gasteiger partial charge in [0.25, 0.3) is 11.8 Å². The number of amides is 2. The summed E-state index contributed by atoms with van der Waals surface area (Å²) in [5, 5.41) is 0. The van der Waals surface area contributed by atoms with E-state index in [2.05, 4.69) is 19.8 Å². The van der Waals surface area contributed by atoms with Crippen LogP contribution < -0.4 is 4.90 Å². The van der Waals surface area contributed by atoms with Crippen molar-refractivity contribution in [2.24, 2.45) is 0 Å². The normalized spacial score (nSPS) is 16.8. The number of hydrogen-bond acceptors (Lipinski definition) is 8. The molecule has 1 atom stereocenters. The fourth-order valence-corrected chi connectivity index (χ4v) is 4.43. The Bertz CT molecular complexity index is 1180. The number of anilines is 1. The fraction of sp³-hybridized carbons (Fsp3) is 0.269. The molecule has 2 aromatic heterocycles. The second-order valence-corrected chi connectivity index (χ2v) is 8.51. The van der Waals surface area contributed by atoms with Gasteiger partial charge in [0.05, 0.1) is 23.2 Å².